The minimum absolute atomic E-state index is 0.176. The van der Waals surface area contributed by atoms with Crippen LogP contribution in [0, 0.1) is 0 Å². The predicted octanol–water partition coefficient (Wildman–Crippen LogP) is -0.737. The number of nitrogens with one attached hydrogen (secondary N) is 1. The summed E-state index contributed by atoms with van der Waals surface area (Å²) in [5.74, 6) is 0. The van der Waals surface area contributed by atoms with Gasteiger partial charge < -0.3 is 19.7 Å². The van der Waals surface area contributed by atoms with E-state index in [0.717, 1.165) is 10.6 Å². The van der Waals surface area contributed by atoms with Crippen LogP contribution >= 0.6 is 0 Å². The highest BCUT2D eigenvalue weighted by atomic mass is 16.6. The second-order valence-corrected chi connectivity index (χ2v) is 5.45. The van der Waals surface area contributed by atoms with Crippen LogP contribution in [-0.2, 0) is 9.47 Å². The number of aromatic nitrogens is 2. The first-order valence-electron chi connectivity index (χ1n) is 7.31. The van der Waals surface area contributed by atoms with Gasteiger partial charge in [0.1, 0.15) is 17.8 Å². The zero-order chi connectivity index (χ0) is 17.7. The molecule has 24 heavy (non-hydrogen) atoms. The lowest BCUT2D eigenvalue weighted by atomic mass is 9.91. The van der Waals surface area contributed by atoms with Gasteiger partial charge in [-0.05, 0) is 18.4 Å². The monoisotopic (exact) mass is 341 g/mol. The first-order chi connectivity index (χ1) is 11.5. The van der Waals surface area contributed by atoms with Gasteiger partial charge in [-0.3, -0.25) is 14.3 Å². The van der Waals surface area contributed by atoms with Gasteiger partial charge in [-0.2, -0.15) is 0 Å². The summed E-state index contributed by atoms with van der Waals surface area (Å²) < 4.78 is 12.1. The summed E-state index contributed by atoms with van der Waals surface area (Å²) in [6, 6.07) is 1.14. The molecule has 0 unspecified atom stereocenters. The fourth-order valence-corrected chi connectivity index (χ4v) is 2.83. The SMILES string of the molecule is CO[C@H]1[C@H](n2ccc(=O)[nH]c2=O)O[C@@](CO)(CCCN=[N+]=[N-])[C@H]1O. The molecule has 0 radical (unpaired) electrons. The van der Waals surface area contributed by atoms with E-state index in [-0.39, 0.29) is 13.0 Å². The Hall–Kier alpha value is -2.17. The molecule has 1 saturated heterocycles. The number of ether oxygens (including phenoxy) is 2. The third-order valence-corrected chi connectivity index (χ3v) is 4.07. The van der Waals surface area contributed by atoms with Crippen molar-refractivity contribution in [2.45, 2.75) is 36.9 Å². The summed E-state index contributed by atoms with van der Waals surface area (Å²) in [5, 5.41) is 23.7. The van der Waals surface area contributed by atoms with E-state index in [1.165, 1.54) is 13.3 Å². The van der Waals surface area contributed by atoms with Gasteiger partial charge in [0.2, 0.25) is 0 Å². The molecule has 2 rings (SSSR count). The van der Waals surface area contributed by atoms with Crippen LogP contribution in [0.5, 0.6) is 0 Å². The Morgan fingerprint density at radius 2 is 2.33 bits per heavy atom. The molecule has 1 aromatic rings. The standard InChI is InChI=1S/C13H19N5O6/c1-23-9-10(21)13(7-19,4-2-5-15-17-14)24-11(9)18-6-3-8(20)16-12(18)22/h3,6,9-11,19,21H,2,4-5,7H2,1H3,(H,16,20,22)/t9-,10+,11-,13-/m1/s1. The van der Waals surface area contributed by atoms with Gasteiger partial charge in [0.15, 0.2) is 6.23 Å². The van der Waals surface area contributed by atoms with Crippen molar-refractivity contribution in [1.82, 2.24) is 9.55 Å². The average Bonchev–Trinajstić information content (AvgIpc) is 2.84. The topological polar surface area (TPSA) is 163 Å². The van der Waals surface area contributed by atoms with Crippen molar-refractivity contribution in [2.24, 2.45) is 5.11 Å². The minimum atomic E-state index is -1.37. The molecule has 2 heterocycles. The van der Waals surface area contributed by atoms with E-state index in [2.05, 4.69) is 15.0 Å². The lowest BCUT2D eigenvalue weighted by molar-refractivity contribution is -0.133. The van der Waals surface area contributed by atoms with Crippen LogP contribution in [0.4, 0.5) is 0 Å². The van der Waals surface area contributed by atoms with Gasteiger partial charge in [0.25, 0.3) is 5.56 Å². The Balaban J connectivity index is 2.31. The fraction of sp³-hybridized carbons (Fsp3) is 0.692. The Labute approximate surface area is 136 Å². The third-order valence-electron chi connectivity index (χ3n) is 4.07. The molecule has 0 amide bonds. The zero-order valence-corrected chi connectivity index (χ0v) is 13.0. The van der Waals surface area contributed by atoms with Crippen LogP contribution in [0.1, 0.15) is 19.1 Å². The number of methoxy groups -OCH3 is 1. The van der Waals surface area contributed by atoms with Crippen LogP contribution < -0.4 is 11.2 Å². The van der Waals surface area contributed by atoms with Crippen molar-refractivity contribution >= 4 is 0 Å². The van der Waals surface area contributed by atoms with Crippen molar-refractivity contribution in [3.8, 4) is 0 Å². The first-order valence-corrected chi connectivity index (χ1v) is 7.31. The van der Waals surface area contributed by atoms with Crippen molar-refractivity contribution in [3.05, 3.63) is 43.5 Å². The Bertz CT molecular complexity index is 726. The summed E-state index contributed by atoms with van der Waals surface area (Å²) in [4.78, 5) is 27.9. The summed E-state index contributed by atoms with van der Waals surface area (Å²) in [6.07, 6.45) is -1.38. The van der Waals surface area contributed by atoms with Crippen LogP contribution in [0.25, 0.3) is 10.4 Å². The van der Waals surface area contributed by atoms with E-state index in [1.54, 1.807) is 0 Å². The smallest absolute Gasteiger partial charge is 0.330 e. The van der Waals surface area contributed by atoms with Crippen molar-refractivity contribution in [1.29, 1.82) is 0 Å². The molecule has 0 aromatic carbocycles. The maximum absolute atomic E-state index is 12.0. The molecule has 1 aromatic heterocycles. The summed E-state index contributed by atoms with van der Waals surface area (Å²) >= 11 is 0. The van der Waals surface area contributed by atoms with E-state index >= 15 is 0 Å². The van der Waals surface area contributed by atoms with Gasteiger partial charge in [0, 0.05) is 30.8 Å². The molecule has 0 saturated carbocycles. The molecule has 0 aliphatic carbocycles. The van der Waals surface area contributed by atoms with Gasteiger partial charge in [-0.25, -0.2) is 4.79 Å². The van der Waals surface area contributed by atoms with Crippen molar-refractivity contribution in [3.63, 3.8) is 0 Å². The normalized spacial score (nSPS) is 29.4. The molecule has 1 aliphatic heterocycles. The van der Waals surface area contributed by atoms with Crippen LogP contribution in [0.15, 0.2) is 27.0 Å². The number of rotatable bonds is 7. The first kappa shape index (κ1) is 18.2. The number of H-pyrrole nitrogens is 1. The fourth-order valence-electron chi connectivity index (χ4n) is 2.83. The third kappa shape index (κ3) is 3.35. The number of hydrogen-bond acceptors (Lipinski definition) is 7. The number of azide groups is 1. The lowest BCUT2D eigenvalue weighted by Gasteiger charge is -2.30. The van der Waals surface area contributed by atoms with E-state index in [0.29, 0.717) is 6.42 Å². The number of aromatic amines is 1. The molecule has 1 aliphatic rings. The van der Waals surface area contributed by atoms with Gasteiger partial charge in [0.05, 0.1) is 6.61 Å². The largest absolute Gasteiger partial charge is 0.393 e. The van der Waals surface area contributed by atoms with E-state index in [1.807, 2.05) is 0 Å². The van der Waals surface area contributed by atoms with Crippen molar-refractivity contribution in [2.75, 3.05) is 20.3 Å². The number of nitrogens with zero attached hydrogens (tertiary/aromatic N) is 4. The highest BCUT2D eigenvalue weighted by Gasteiger charge is 2.55. The Morgan fingerprint density at radius 3 is 2.92 bits per heavy atom. The van der Waals surface area contributed by atoms with Crippen molar-refractivity contribution < 1.29 is 19.7 Å². The molecule has 1 fully saturated rings. The Kier molecular flexibility index (Phi) is 5.75. The molecule has 3 N–H and O–H groups in total. The van der Waals surface area contributed by atoms with Gasteiger partial charge in [-0.1, -0.05) is 5.11 Å². The zero-order valence-electron chi connectivity index (χ0n) is 13.0. The average molecular weight is 341 g/mol. The van der Waals surface area contributed by atoms with Crippen LogP contribution in [0.2, 0.25) is 0 Å². The number of aliphatic hydroxyl groups is 2. The molecule has 4 atom stereocenters. The molecule has 132 valence electrons. The summed E-state index contributed by atoms with van der Waals surface area (Å²) in [6.45, 7) is -0.339. The van der Waals surface area contributed by atoms with E-state index in [4.69, 9.17) is 15.0 Å². The quantitative estimate of drug-likeness (QED) is 0.256. The second-order valence-electron chi connectivity index (χ2n) is 5.45. The molecule has 0 bridgehead atoms. The second kappa shape index (κ2) is 7.60. The van der Waals surface area contributed by atoms with Gasteiger partial charge in [-0.15, -0.1) is 0 Å². The molecule has 11 nitrogen and oxygen atoms in total. The maximum atomic E-state index is 12.0. The summed E-state index contributed by atoms with van der Waals surface area (Å²) in [7, 11) is 1.34. The number of aliphatic hydroxyl groups excluding tert-OH is 2. The Morgan fingerprint density at radius 1 is 1.58 bits per heavy atom. The van der Waals surface area contributed by atoms with Crippen LogP contribution in [0.3, 0.4) is 0 Å². The maximum Gasteiger partial charge on any atom is 0.330 e. The summed E-state index contributed by atoms with van der Waals surface area (Å²) in [5.41, 5.74) is 5.65. The van der Waals surface area contributed by atoms with E-state index in [9.17, 15) is 19.8 Å². The highest BCUT2D eigenvalue weighted by molar-refractivity contribution is 5.02. The van der Waals surface area contributed by atoms with Gasteiger partial charge >= 0.3 is 5.69 Å². The molecular weight excluding hydrogens is 322 g/mol. The lowest BCUT2D eigenvalue weighted by Crippen LogP contribution is -2.46. The molecular formula is C13H19N5O6. The molecule has 0 spiro atoms. The van der Waals surface area contributed by atoms with E-state index < -0.39 is 41.9 Å². The minimum Gasteiger partial charge on any atom is -0.393 e. The highest BCUT2D eigenvalue weighted by Crippen LogP contribution is 2.40. The molecule has 11 heteroatoms. The predicted molar refractivity (Wildman–Crippen MR) is 81.3 cm³/mol. The van der Waals surface area contributed by atoms with Crippen LogP contribution in [-0.4, -0.2) is 57.8 Å². The number of hydrogen-bond donors (Lipinski definition) is 3.